The van der Waals surface area contributed by atoms with Crippen LogP contribution < -0.4 is 10.1 Å². The van der Waals surface area contributed by atoms with Gasteiger partial charge in [0, 0.05) is 44.2 Å². The van der Waals surface area contributed by atoms with Crippen molar-refractivity contribution in [2.75, 3.05) is 52.8 Å². The number of amides is 1. The first-order valence-electron chi connectivity index (χ1n) is 12.9. The van der Waals surface area contributed by atoms with Crippen molar-refractivity contribution in [3.05, 3.63) is 70.6 Å². The SMILES string of the molecule is CCOc1cc(C(C)N2CC3(COC3)c3c(CN(C)C)cc(Cn4ccnc4NC)cc3C2=O)ncc1F. The molecule has 9 nitrogen and oxygen atoms in total. The zero-order valence-electron chi connectivity index (χ0n) is 22.6. The largest absolute Gasteiger partial charge is 0.491 e. The Kier molecular flexibility index (Phi) is 7.11. The lowest BCUT2D eigenvalue weighted by Crippen LogP contribution is -2.60. The molecule has 38 heavy (non-hydrogen) atoms. The molecule has 0 bridgehead atoms. The van der Waals surface area contributed by atoms with Gasteiger partial charge >= 0.3 is 0 Å². The lowest BCUT2D eigenvalue weighted by Gasteiger charge is -2.51. The average molecular weight is 523 g/mol. The molecule has 0 radical (unpaired) electrons. The van der Waals surface area contributed by atoms with Gasteiger partial charge in [0.1, 0.15) is 0 Å². The Morgan fingerprint density at radius 1 is 1.26 bits per heavy atom. The number of hydrogen-bond acceptors (Lipinski definition) is 7. The molecule has 1 amide bonds. The van der Waals surface area contributed by atoms with Crippen LogP contribution in [0.25, 0.3) is 0 Å². The first kappa shape index (κ1) is 26.1. The quantitative estimate of drug-likeness (QED) is 0.461. The molecule has 2 aliphatic rings. The van der Waals surface area contributed by atoms with Crippen molar-refractivity contribution < 1.29 is 18.7 Å². The summed E-state index contributed by atoms with van der Waals surface area (Å²) in [7, 11) is 5.91. The van der Waals surface area contributed by atoms with Crippen LogP contribution in [0.3, 0.4) is 0 Å². The maximum Gasteiger partial charge on any atom is 0.254 e. The van der Waals surface area contributed by atoms with Crippen molar-refractivity contribution in [2.45, 2.75) is 38.4 Å². The zero-order chi connectivity index (χ0) is 27.0. The number of ether oxygens (including phenoxy) is 2. The number of halogens is 1. The van der Waals surface area contributed by atoms with Gasteiger partial charge in [0.25, 0.3) is 5.91 Å². The van der Waals surface area contributed by atoms with E-state index in [2.05, 4.69) is 26.3 Å². The van der Waals surface area contributed by atoms with Crippen LogP contribution in [-0.2, 0) is 23.2 Å². The summed E-state index contributed by atoms with van der Waals surface area (Å²) < 4.78 is 27.5. The molecular formula is C28H35FN6O3. The molecule has 1 atom stereocenters. The molecule has 1 unspecified atom stereocenters. The molecule has 3 aromatic rings. The summed E-state index contributed by atoms with van der Waals surface area (Å²) in [5, 5.41) is 3.11. The van der Waals surface area contributed by atoms with Crippen LogP contribution in [0.15, 0.2) is 36.8 Å². The molecule has 1 saturated heterocycles. The molecule has 1 aromatic carbocycles. The maximum absolute atomic E-state index is 14.2. The van der Waals surface area contributed by atoms with Crippen LogP contribution in [0.1, 0.15) is 52.6 Å². The fraction of sp³-hybridized carbons (Fsp3) is 0.464. The van der Waals surface area contributed by atoms with E-state index >= 15 is 0 Å². The first-order chi connectivity index (χ1) is 18.3. The van der Waals surface area contributed by atoms with Crippen LogP contribution in [-0.4, -0.2) is 77.8 Å². The monoisotopic (exact) mass is 522 g/mol. The number of anilines is 1. The number of pyridine rings is 1. The molecule has 2 aliphatic heterocycles. The number of rotatable bonds is 9. The highest BCUT2D eigenvalue weighted by atomic mass is 19.1. The fourth-order valence-electron chi connectivity index (χ4n) is 5.60. The number of carbonyl (C=O) groups excluding carboxylic acids is 1. The molecule has 1 N–H and O–H groups in total. The number of nitrogens with zero attached hydrogens (tertiary/aromatic N) is 5. The first-order valence-corrected chi connectivity index (χ1v) is 12.9. The number of hydrogen-bond donors (Lipinski definition) is 1. The second-order valence-electron chi connectivity index (χ2n) is 10.4. The Morgan fingerprint density at radius 3 is 2.71 bits per heavy atom. The standard InChI is InChI=1S/C28H35FN6O3/c1-6-38-24-11-23(32-12-22(24)29)18(2)35-15-28(16-37-17-28)25-20(14-33(4)5)9-19(10-21(25)26(35)36)13-34-8-7-31-27(34)30-3/h7-12,18H,6,13-17H2,1-5H3,(H,30,31). The van der Waals surface area contributed by atoms with Crippen LogP contribution in [0, 0.1) is 5.82 Å². The van der Waals surface area contributed by atoms with E-state index < -0.39 is 5.82 Å². The van der Waals surface area contributed by atoms with Gasteiger partial charge in [-0.15, -0.1) is 0 Å². The van der Waals surface area contributed by atoms with Gasteiger partial charge in [0.05, 0.1) is 49.7 Å². The summed E-state index contributed by atoms with van der Waals surface area (Å²) in [6.07, 6.45) is 4.84. The maximum atomic E-state index is 14.2. The second kappa shape index (κ2) is 10.3. The van der Waals surface area contributed by atoms with Crippen LogP contribution in [0.2, 0.25) is 0 Å². The lowest BCUT2D eigenvalue weighted by atomic mass is 9.70. The van der Waals surface area contributed by atoms with Gasteiger partial charge in [0.15, 0.2) is 11.6 Å². The topological polar surface area (TPSA) is 84.8 Å². The molecule has 1 fully saturated rings. The highest BCUT2D eigenvalue weighted by Crippen LogP contribution is 2.44. The van der Waals surface area contributed by atoms with Gasteiger partial charge in [-0.3, -0.25) is 9.78 Å². The van der Waals surface area contributed by atoms with Crippen LogP contribution in [0.4, 0.5) is 10.3 Å². The molecule has 1 spiro atoms. The molecular weight excluding hydrogens is 487 g/mol. The molecule has 2 aromatic heterocycles. The van der Waals surface area contributed by atoms with E-state index in [9.17, 15) is 9.18 Å². The molecule has 0 saturated carbocycles. The average Bonchev–Trinajstić information content (AvgIpc) is 3.31. The van der Waals surface area contributed by atoms with Crippen molar-refractivity contribution in [1.29, 1.82) is 0 Å². The summed E-state index contributed by atoms with van der Waals surface area (Å²) in [6.45, 7) is 6.96. The van der Waals surface area contributed by atoms with Gasteiger partial charge in [-0.2, -0.15) is 0 Å². The smallest absolute Gasteiger partial charge is 0.254 e. The van der Waals surface area contributed by atoms with Crippen molar-refractivity contribution in [3.8, 4) is 5.75 Å². The Bertz CT molecular complexity index is 1340. The minimum absolute atomic E-state index is 0.0598. The highest BCUT2D eigenvalue weighted by molar-refractivity contribution is 5.98. The third-order valence-corrected chi connectivity index (χ3v) is 7.35. The minimum Gasteiger partial charge on any atom is -0.491 e. The molecule has 202 valence electrons. The van der Waals surface area contributed by atoms with Crippen molar-refractivity contribution in [2.24, 2.45) is 0 Å². The summed E-state index contributed by atoms with van der Waals surface area (Å²) >= 11 is 0. The van der Waals surface area contributed by atoms with Gasteiger partial charge in [-0.25, -0.2) is 9.37 Å². The summed E-state index contributed by atoms with van der Waals surface area (Å²) in [6, 6.07) is 5.44. The van der Waals surface area contributed by atoms with Crippen molar-refractivity contribution in [3.63, 3.8) is 0 Å². The van der Waals surface area contributed by atoms with E-state index in [0.29, 0.717) is 50.7 Å². The van der Waals surface area contributed by atoms with E-state index in [0.717, 1.165) is 22.6 Å². The van der Waals surface area contributed by atoms with Crippen LogP contribution in [0.5, 0.6) is 5.75 Å². The van der Waals surface area contributed by atoms with E-state index in [1.807, 2.05) is 49.8 Å². The molecule has 5 rings (SSSR count). The Labute approximate surface area is 222 Å². The normalized spacial score (nSPS) is 16.9. The Balaban J connectivity index is 1.58. The van der Waals surface area contributed by atoms with Gasteiger partial charge in [-0.05, 0) is 50.7 Å². The minimum atomic E-state index is -0.514. The third-order valence-electron chi connectivity index (χ3n) is 7.35. The number of nitrogens with one attached hydrogen (secondary N) is 1. The summed E-state index contributed by atoms with van der Waals surface area (Å²) in [4.78, 5) is 26.8. The molecule has 4 heterocycles. The highest BCUT2D eigenvalue weighted by Gasteiger charge is 2.51. The Morgan fingerprint density at radius 2 is 2.05 bits per heavy atom. The van der Waals surface area contributed by atoms with Crippen molar-refractivity contribution in [1.82, 2.24) is 24.3 Å². The Hall–Kier alpha value is -3.50. The molecule has 10 heteroatoms. The van der Waals surface area contributed by atoms with E-state index in [1.165, 1.54) is 6.20 Å². The number of benzene rings is 1. The van der Waals surface area contributed by atoms with Gasteiger partial charge in [-0.1, -0.05) is 6.07 Å². The number of imidazole rings is 1. The molecule has 0 aliphatic carbocycles. The van der Waals surface area contributed by atoms with E-state index in [-0.39, 0.29) is 23.1 Å². The van der Waals surface area contributed by atoms with E-state index in [1.54, 1.807) is 19.2 Å². The van der Waals surface area contributed by atoms with E-state index in [4.69, 9.17) is 9.47 Å². The number of carbonyl (C=O) groups is 1. The number of aromatic nitrogens is 3. The summed E-state index contributed by atoms with van der Waals surface area (Å²) in [5.74, 6) is 0.331. The lowest BCUT2D eigenvalue weighted by molar-refractivity contribution is -0.0793. The predicted octanol–water partition coefficient (Wildman–Crippen LogP) is 3.45. The van der Waals surface area contributed by atoms with Gasteiger partial charge < -0.3 is 29.2 Å². The van der Waals surface area contributed by atoms with Crippen LogP contribution >= 0.6 is 0 Å². The van der Waals surface area contributed by atoms with Crippen molar-refractivity contribution >= 4 is 11.9 Å². The third kappa shape index (κ3) is 4.63. The number of fused-ring (bicyclic) bond motifs is 2. The predicted molar refractivity (Wildman–Crippen MR) is 142 cm³/mol. The fourth-order valence-corrected chi connectivity index (χ4v) is 5.60. The summed E-state index contributed by atoms with van der Waals surface area (Å²) in [5.41, 5.74) is 4.22. The van der Waals surface area contributed by atoms with Gasteiger partial charge in [0.2, 0.25) is 5.95 Å². The second-order valence-corrected chi connectivity index (χ2v) is 10.4. The zero-order valence-corrected chi connectivity index (χ0v) is 22.6.